The molecule has 0 atom stereocenters. The number of aryl methyl sites for hydroxylation is 1. The van der Waals surface area contributed by atoms with Gasteiger partial charge in [-0.1, -0.05) is 0 Å². The van der Waals surface area contributed by atoms with Crippen molar-refractivity contribution in [1.82, 2.24) is 9.88 Å². The number of nitrogen functional groups attached to an aromatic ring is 1. The van der Waals surface area contributed by atoms with Gasteiger partial charge in [0.15, 0.2) is 0 Å². The molecule has 1 amide bonds. The summed E-state index contributed by atoms with van der Waals surface area (Å²) in [5, 5.41) is 8.45. The van der Waals surface area contributed by atoms with Crippen LogP contribution in [-0.4, -0.2) is 29.4 Å². The summed E-state index contributed by atoms with van der Waals surface area (Å²) in [6.45, 7) is 2.16. The fraction of sp³-hybridized carbons (Fsp3) is 0.364. The van der Waals surface area contributed by atoms with Gasteiger partial charge in [0.05, 0.1) is 35.6 Å². The van der Waals surface area contributed by atoms with E-state index in [1.807, 2.05) is 6.07 Å². The molecule has 0 radical (unpaired) electrons. The summed E-state index contributed by atoms with van der Waals surface area (Å²) in [6, 6.07) is 3.60. The molecular formula is C11H14N4O. The second-order valence-electron chi connectivity index (χ2n) is 3.54. The first-order valence-corrected chi connectivity index (χ1v) is 4.90. The molecule has 0 unspecified atom stereocenters. The number of rotatable bonds is 3. The number of nitrogens with two attached hydrogens (primary N) is 1. The van der Waals surface area contributed by atoms with Crippen LogP contribution in [0, 0.1) is 18.3 Å². The van der Waals surface area contributed by atoms with Crippen LogP contribution in [0.1, 0.15) is 22.5 Å². The van der Waals surface area contributed by atoms with E-state index < -0.39 is 0 Å². The molecule has 2 N–H and O–H groups in total. The molecule has 1 aromatic heterocycles. The molecule has 1 rings (SSSR count). The molecule has 1 aromatic rings. The van der Waals surface area contributed by atoms with Gasteiger partial charge < -0.3 is 10.6 Å². The molecule has 0 aliphatic rings. The number of hydrogen-bond acceptors (Lipinski definition) is 4. The summed E-state index contributed by atoms with van der Waals surface area (Å²) >= 11 is 0. The Morgan fingerprint density at radius 2 is 2.38 bits per heavy atom. The highest BCUT2D eigenvalue weighted by Crippen LogP contribution is 2.11. The molecule has 5 heteroatoms. The van der Waals surface area contributed by atoms with Crippen molar-refractivity contribution in [2.45, 2.75) is 13.3 Å². The van der Waals surface area contributed by atoms with E-state index in [0.717, 1.165) is 0 Å². The predicted molar refractivity (Wildman–Crippen MR) is 60.6 cm³/mol. The Bertz CT molecular complexity index is 436. The van der Waals surface area contributed by atoms with Gasteiger partial charge in [-0.3, -0.25) is 9.78 Å². The lowest BCUT2D eigenvalue weighted by Gasteiger charge is -2.16. The molecule has 0 aliphatic carbocycles. The summed E-state index contributed by atoms with van der Waals surface area (Å²) in [4.78, 5) is 17.5. The summed E-state index contributed by atoms with van der Waals surface area (Å²) in [7, 11) is 1.66. The van der Waals surface area contributed by atoms with Crippen LogP contribution in [-0.2, 0) is 0 Å². The summed E-state index contributed by atoms with van der Waals surface area (Å²) in [5.74, 6) is -0.160. The van der Waals surface area contributed by atoms with E-state index in [2.05, 4.69) is 4.98 Å². The van der Waals surface area contributed by atoms with Crippen LogP contribution < -0.4 is 5.73 Å². The Kier molecular flexibility index (Phi) is 3.84. The zero-order valence-corrected chi connectivity index (χ0v) is 9.40. The summed E-state index contributed by atoms with van der Waals surface area (Å²) in [6.07, 6.45) is 1.83. The fourth-order valence-corrected chi connectivity index (χ4v) is 1.29. The molecule has 84 valence electrons. The van der Waals surface area contributed by atoms with Crippen LogP contribution >= 0.6 is 0 Å². The van der Waals surface area contributed by atoms with Crippen LogP contribution in [0.15, 0.2) is 12.3 Å². The molecule has 0 aliphatic heterocycles. The topological polar surface area (TPSA) is 83.0 Å². The van der Waals surface area contributed by atoms with Crippen molar-refractivity contribution in [2.75, 3.05) is 19.3 Å². The highest BCUT2D eigenvalue weighted by Gasteiger charge is 2.14. The number of carbonyl (C=O) groups excluding carboxylic acids is 1. The van der Waals surface area contributed by atoms with Crippen LogP contribution in [0.4, 0.5) is 5.69 Å². The quantitative estimate of drug-likeness (QED) is 0.819. The Labute approximate surface area is 94.5 Å². The zero-order chi connectivity index (χ0) is 12.1. The molecule has 1 heterocycles. The van der Waals surface area contributed by atoms with Crippen molar-refractivity contribution < 1.29 is 4.79 Å². The maximum atomic E-state index is 11.9. The van der Waals surface area contributed by atoms with Gasteiger partial charge in [-0.25, -0.2) is 0 Å². The normalized spacial score (nSPS) is 9.56. The van der Waals surface area contributed by atoms with Gasteiger partial charge in [0.1, 0.15) is 0 Å². The molecule has 0 aromatic carbocycles. The first kappa shape index (κ1) is 12.0. The first-order chi connectivity index (χ1) is 7.56. The third-order valence-electron chi connectivity index (χ3n) is 2.24. The van der Waals surface area contributed by atoms with E-state index in [0.29, 0.717) is 29.9 Å². The third-order valence-corrected chi connectivity index (χ3v) is 2.24. The lowest BCUT2D eigenvalue weighted by atomic mass is 10.1. The first-order valence-electron chi connectivity index (χ1n) is 4.90. The maximum Gasteiger partial charge on any atom is 0.255 e. The highest BCUT2D eigenvalue weighted by atomic mass is 16.2. The van der Waals surface area contributed by atoms with E-state index >= 15 is 0 Å². The van der Waals surface area contributed by atoms with Crippen molar-refractivity contribution in [3.63, 3.8) is 0 Å². The van der Waals surface area contributed by atoms with Gasteiger partial charge in [-0.2, -0.15) is 5.26 Å². The second-order valence-corrected chi connectivity index (χ2v) is 3.54. The van der Waals surface area contributed by atoms with Crippen LogP contribution in [0.2, 0.25) is 0 Å². The Hall–Kier alpha value is -2.09. The second kappa shape index (κ2) is 5.12. The number of nitriles is 1. The number of amides is 1. The molecule has 0 spiro atoms. The molecule has 0 saturated carbocycles. The molecule has 16 heavy (non-hydrogen) atoms. The number of hydrogen-bond donors (Lipinski definition) is 1. The van der Waals surface area contributed by atoms with Crippen molar-refractivity contribution in [3.05, 3.63) is 23.5 Å². The van der Waals surface area contributed by atoms with Crippen LogP contribution in [0.5, 0.6) is 0 Å². The molecule has 0 bridgehead atoms. The number of carbonyl (C=O) groups is 1. The van der Waals surface area contributed by atoms with Gasteiger partial charge in [-0.05, 0) is 13.0 Å². The zero-order valence-electron chi connectivity index (χ0n) is 9.40. The Balaban J connectivity index is 2.88. The van der Waals surface area contributed by atoms with E-state index in [9.17, 15) is 4.79 Å². The fourth-order valence-electron chi connectivity index (χ4n) is 1.29. The molecule has 5 nitrogen and oxygen atoms in total. The minimum Gasteiger partial charge on any atom is -0.397 e. The highest BCUT2D eigenvalue weighted by molar-refractivity contribution is 5.95. The summed E-state index contributed by atoms with van der Waals surface area (Å²) < 4.78 is 0. The maximum absolute atomic E-state index is 11.9. The smallest absolute Gasteiger partial charge is 0.255 e. The van der Waals surface area contributed by atoms with Crippen molar-refractivity contribution in [2.24, 2.45) is 0 Å². The monoisotopic (exact) mass is 218 g/mol. The van der Waals surface area contributed by atoms with Crippen LogP contribution in [0.3, 0.4) is 0 Å². The minimum atomic E-state index is -0.160. The molecular weight excluding hydrogens is 204 g/mol. The van der Waals surface area contributed by atoms with Crippen molar-refractivity contribution >= 4 is 11.6 Å². The lowest BCUT2D eigenvalue weighted by molar-refractivity contribution is 0.0797. The number of anilines is 1. The van der Waals surface area contributed by atoms with E-state index in [1.54, 1.807) is 20.0 Å². The predicted octanol–water partition coefficient (Wildman–Crippen LogP) is 0.958. The van der Waals surface area contributed by atoms with Crippen molar-refractivity contribution in [3.8, 4) is 6.07 Å². The average Bonchev–Trinajstić information content (AvgIpc) is 2.28. The van der Waals surface area contributed by atoms with Gasteiger partial charge in [0, 0.05) is 13.6 Å². The molecule has 0 fully saturated rings. The SMILES string of the molecule is Cc1ncc(N)cc1C(=O)N(C)CCC#N. The van der Waals surface area contributed by atoms with Crippen LogP contribution in [0.25, 0.3) is 0 Å². The van der Waals surface area contributed by atoms with Gasteiger partial charge >= 0.3 is 0 Å². The molecule has 0 saturated heterocycles. The Morgan fingerprint density at radius 3 is 3.00 bits per heavy atom. The Morgan fingerprint density at radius 1 is 1.69 bits per heavy atom. The number of pyridine rings is 1. The van der Waals surface area contributed by atoms with E-state index in [1.165, 1.54) is 11.1 Å². The van der Waals surface area contributed by atoms with Gasteiger partial charge in [0.25, 0.3) is 5.91 Å². The average molecular weight is 218 g/mol. The van der Waals surface area contributed by atoms with Gasteiger partial charge in [-0.15, -0.1) is 0 Å². The standard InChI is InChI=1S/C11H14N4O/c1-8-10(6-9(13)7-14-8)11(16)15(2)5-3-4-12/h6-7H,3,5,13H2,1-2H3. The van der Waals surface area contributed by atoms with Crippen molar-refractivity contribution in [1.29, 1.82) is 5.26 Å². The van der Waals surface area contributed by atoms with E-state index in [-0.39, 0.29) is 5.91 Å². The number of nitrogens with zero attached hydrogens (tertiary/aromatic N) is 3. The van der Waals surface area contributed by atoms with E-state index in [4.69, 9.17) is 11.0 Å². The largest absolute Gasteiger partial charge is 0.397 e. The third kappa shape index (κ3) is 2.70. The lowest BCUT2D eigenvalue weighted by Crippen LogP contribution is -2.28. The number of aromatic nitrogens is 1. The summed E-state index contributed by atoms with van der Waals surface area (Å²) in [5.41, 5.74) is 7.17. The van der Waals surface area contributed by atoms with Gasteiger partial charge in [0.2, 0.25) is 0 Å². The minimum absolute atomic E-state index is 0.160.